The smallest absolute Gasteiger partial charge is 0.203 e. The van der Waals surface area contributed by atoms with Crippen molar-refractivity contribution >= 4 is 11.0 Å². The van der Waals surface area contributed by atoms with E-state index in [1.807, 2.05) is 48.5 Å². The van der Waals surface area contributed by atoms with Gasteiger partial charge >= 0.3 is 0 Å². The van der Waals surface area contributed by atoms with Gasteiger partial charge in [-0.25, -0.2) is 0 Å². The van der Waals surface area contributed by atoms with Crippen LogP contribution >= 0.6 is 0 Å². The Hall–Kier alpha value is -2.66. The summed E-state index contributed by atoms with van der Waals surface area (Å²) in [7, 11) is 3.23. The summed E-state index contributed by atoms with van der Waals surface area (Å²) >= 11 is 0. The number of nitrogens with one attached hydrogen (secondary N) is 1. The minimum Gasteiger partial charge on any atom is -0.493 e. The van der Waals surface area contributed by atoms with Crippen LogP contribution in [-0.2, 0) is 6.54 Å². The van der Waals surface area contributed by atoms with Gasteiger partial charge in [-0.2, -0.15) is 0 Å². The van der Waals surface area contributed by atoms with Gasteiger partial charge in [-0.15, -0.1) is 0 Å². The highest BCUT2D eigenvalue weighted by Gasteiger charge is 2.10. The molecule has 2 aromatic carbocycles. The van der Waals surface area contributed by atoms with E-state index in [0.717, 1.165) is 16.7 Å². The second-order valence-electron chi connectivity index (χ2n) is 5.27. The second kappa shape index (κ2) is 7.75. The number of hydrogen-bond donors (Lipinski definition) is 1. The molecule has 126 valence electrons. The summed E-state index contributed by atoms with van der Waals surface area (Å²) in [6, 6.07) is 15.6. The minimum atomic E-state index is 0.497. The number of fused-ring (bicyclic) bond motifs is 1. The average Bonchev–Trinajstić information content (AvgIpc) is 3.04. The maximum atomic E-state index is 5.80. The fraction of sp³-hybridized carbons (Fsp3) is 0.263. The number of rotatable bonds is 8. The van der Waals surface area contributed by atoms with Gasteiger partial charge < -0.3 is 23.9 Å². The van der Waals surface area contributed by atoms with Crippen LogP contribution in [0.15, 0.2) is 52.9 Å². The van der Waals surface area contributed by atoms with Gasteiger partial charge in [0, 0.05) is 11.9 Å². The lowest BCUT2D eigenvalue weighted by Gasteiger charge is -2.14. The highest BCUT2D eigenvalue weighted by atomic mass is 16.5. The highest BCUT2D eigenvalue weighted by Crippen LogP contribution is 2.36. The topological polar surface area (TPSA) is 52.9 Å². The van der Waals surface area contributed by atoms with Gasteiger partial charge in [-0.1, -0.05) is 24.3 Å². The first-order chi connectivity index (χ1) is 11.8. The molecule has 1 N–H and O–H groups in total. The number of methoxy groups -OCH3 is 2. The summed E-state index contributed by atoms with van der Waals surface area (Å²) < 4.78 is 22.2. The molecule has 0 radical (unpaired) electrons. The molecule has 0 aliphatic heterocycles. The van der Waals surface area contributed by atoms with Crippen molar-refractivity contribution in [3.05, 3.63) is 54.3 Å². The molecule has 0 spiro atoms. The lowest BCUT2D eigenvalue weighted by Crippen LogP contribution is -2.20. The van der Waals surface area contributed by atoms with Crippen LogP contribution in [-0.4, -0.2) is 27.4 Å². The Morgan fingerprint density at radius 2 is 1.71 bits per heavy atom. The van der Waals surface area contributed by atoms with Gasteiger partial charge in [0.15, 0.2) is 11.5 Å². The largest absolute Gasteiger partial charge is 0.493 e. The number of furan rings is 1. The maximum Gasteiger partial charge on any atom is 0.203 e. The quantitative estimate of drug-likeness (QED) is 0.641. The number of benzene rings is 2. The molecule has 1 aromatic heterocycles. The fourth-order valence-corrected chi connectivity index (χ4v) is 2.52. The molecule has 1 heterocycles. The zero-order chi connectivity index (χ0) is 16.8. The molecule has 5 nitrogen and oxygen atoms in total. The molecule has 24 heavy (non-hydrogen) atoms. The van der Waals surface area contributed by atoms with Crippen LogP contribution in [0, 0.1) is 0 Å². The molecule has 0 bridgehead atoms. The third kappa shape index (κ3) is 3.63. The normalized spacial score (nSPS) is 10.8. The summed E-state index contributed by atoms with van der Waals surface area (Å²) in [4.78, 5) is 0. The third-order valence-electron chi connectivity index (χ3n) is 3.68. The molecular formula is C19H21NO4. The van der Waals surface area contributed by atoms with E-state index in [0.29, 0.717) is 36.9 Å². The molecule has 0 aliphatic carbocycles. The van der Waals surface area contributed by atoms with E-state index in [9.17, 15) is 0 Å². The van der Waals surface area contributed by atoms with E-state index in [1.165, 1.54) is 0 Å². The molecule has 3 aromatic rings. The maximum absolute atomic E-state index is 5.80. The highest BCUT2D eigenvalue weighted by molar-refractivity contribution is 5.77. The van der Waals surface area contributed by atoms with Gasteiger partial charge in [-0.3, -0.25) is 0 Å². The molecule has 3 rings (SSSR count). The third-order valence-corrected chi connectivity index (χ3v) is 3.68. The van der Waals surface area contributed by atoms with E-state index in [2.05, 4.69) is 5.32 Å². The molecule has 5 heteroatoms. The van der Waals surface area contributed by atoms with Crippen molar-refractivity contribution in [3.8, 4) is 17.2 Å². The summed E-state index contributed by atoms with van der Waals surface area (Å²) in [6.07, 6.45) is 0. The summed E-state index contributed by atoms with van der Waals surface area (Å²) in [5.74, 6) is 2.84. The van der Waals surface area contributed by atoms with Crippen LogP contribution in [0.1, 0.15) is 5.76 Å². The summed E-state index contributed by atoms with van der Waals surface area (Å²) in [5, 5.41) is 4.42. The molecule has 0 amide bonds. The Balaban J connectivity index is 1.50. The molecule has 0 saturated heterocycles. The standard InChI is InChI=1S/C19H21NO4/c1-21-17-8-5-9-18(22-2)19(17)23-11-10-20-13-15-12-14-6-3-4-7-16(14)24-15/h3-9,12,20H,10-11,13H2,1-2H3. The Labute approximate surface area is 141 Å². The van der Waals surface area contributed by atoms with Crippen molar-refractivity contribution in [1.29, 1.82) is 0 Å². The van der Waals surface area contributed by atoms with E-state index in [1.54, 1.807) is 14.2 Å². The minimum absolute atomic E-state index is 0.497. The van der Waals surface area contributed by atoms with Crippen LogP contribution in [0.5, 0.6) is 17.2 Å². The first-order valence-electron chi connectivity index (χ1n) is 7.84. The first-order valence-corrected chi connectivity index (χ1v) is 7.84. The molecule has 0 atom stereocenters. The lowest BCUT2D eigenvalue weighted by molar-refractivity contribution is 0.272. The van der Waals surface area contributed by atoms with Gasteiger partial charge in [0.2, 0.25) is 5.75 Å². The molecule has 0 aliphatic rings. The van der Waals surface area contributed by atoms with Crippen LogP contribution in [0.4, 0.5) is 0 Å². The second-order valence-corrected chi connectivity index (χ2v) is 5.27. The van der Waals surface area contributed by atoms with Crippen molar-refractivity contribution in [2.75, 3.05) is 27.4 Å². The monoisotopic (exact) mass is 327 g/mol. The van der Waals surface area contributed by atoms with Crippen LogP contribution in [0.2, 0.25) is 0 Å². The van der Waals surface area contributed by atoms with Gasteiger partial charge in [0.25, 0.3) is 0 Å². The Kier molecular flexibility index (Phi) is 5.23. The van der Waals surface area contributed by atoms with Crippen LogP contribution in [0.25, 0.3) is 11.0 Å². The van der Waals surface area contributed by atoms with Crippen molar-refractivity contribution in [3.63, 3.8) is 0 Å². The molecule has 0 fully saturated rings. The van der Waals surface area contributed by atoms with Crippen molar-refractivity contribution in [2.45, 2.75) is 6.54 Å². The number of para-hydroxylation sites is 2. The van der Waals surface area contributed by atoms with Crippen molar-refractivity contribution in [2.24, 2.45) is 0 Å². The number of ether oxygens (including phenoxy) is 3. The Morgan fingerprint density at radius 3 is 2.42 bits per heavy atom. The number of hydrogen-bond acceptors (Lipinski definition) is 5. The van der Waals surface area contributed by atoms with Gasteiger partial charge in [0.1, 0.15) is 18.0 Å². The predicted molar refractivity (Wildman–Crippen MR) is 93.0 cm³/mol. The van der Waals surface area contributed by atoms with E-state index in [-0.39, 0.29) is 0 Å². The lowest BCUT2D eigenvalue weighted by atomic mass is 10.2. The average molecular weight is 327 g/mol. The van der Waals surface area contributed by atoms with Crippen LogP contribution < -0.4 is 19.5 Å². The predicted octanol–water partition coefficient (Wildman–Crippen LogP) is 3.62. The zero-order valence-electron chi connectivity index (χ0n) is 13.9. The Bertz CT molecular complexity index is 742. The van der Waals surface area contributed by atoms with E-state index in [4.69, 9.17) is 18.6 Å². The molecule has 0 saturated carbocycles. The van der Waals surface area contributed by atoms with Crippen molar-refractivity contribution < 1.29 is 18.6 Å². The molecule has 0 unspecified atom stereocenters. The SMILES string of the molecule is COc1cccc(OC)c1OCCNCc1cc2ccccc2o1. The fourth-order valence-electron chi connectivity index (χ4n) is 2.52. The van der Waals surface area contributed by atoms with Crippen LogP contribution in [0.3, 0.4) is 0 Å². The van der Waals surface area contributed by atoms with E-state index >= 15 is 0 Å². The molecular weight excluding hydrogens is 306 g/mol. The van der Waals surface area contributed by atoms with Crippen molar-refractivity contribution in [1.82, 2.24) is 5.32 Å². The van der Waals surface area contributed by atoms with Gasteiger partial charge in [-0.05, 0) is 24.3 Å². The summed E-state index contributed by atoms with van der Waals surface area (Å²) in [6.45, 7) is 1.83. The first kappa shape index (κ1) is 16.2. The summed E-state index contributed by atoms with van der Waals surface area (Å²) in [5.41, 5.74) is 0.907. The zero-order valence-corrected chi connectivity index (χ0v) is 13.9. The van der Waals surface area contributed by atoms with Gasteiger partial charge in [0.05, 0.1) is 20.8 Å². The van der Waals surface area contributed by atoms with E-state index < -0.39 is 0 Å². The Morgan fingerprint density at radius 1 is 0.958 bits per heavy atom.